The Balaban J connectivity index is 1.34. The zero-order chi connectivity index (χ0) is 23.4. The number of nitrogens with zero attached hydrogens (tertiary/aromatic N) is 5. The normalized spacial score (nSPS) is 22.1. The second-order valence-electron chi connectivity index (χ2n) is 9.79. The Bertz CT molecular complexity index is 1330. The lowest BCUT2D eigenvalue weighted by molar-refractivity contribution is 0.101. The van der Waals surface area contributed by atoms with Crippen LogP contribution in [0, 0.1) is 6.92 Å². The molecule has 2 N–H and O–H groups in total. The molecule has 0 spiro atoms. The highest BCUT2D eigenvalue weighted by Gasteiger charge is 2.38. The summed E-state index contributed by atoms with van der Waals surface area (Å²) < 4.78 is 1.82. The molecule has 9 heteroatoms. The first-order valence-corrected chi connectivity index (χ1v) is 12.1. The van der Waals surface area contributed by atoms with Crippen molar-refractivity contribution in [1.82, 2.24) is 24.8 Å². The molecular weight excluding hydrogens is 430 g/mol. The molecule has 3 aromatic heterocycles. The topological polar surface area (TPSA) is 105 Å². The maximum absolute atomic E-state index is 13.4. The van der Waals surface area contributed by atoms with Gasteiger partial charge in [-0.2, -0.15) is 0 Å². The van der Waals surface area contributed by atoms with Crippen LogP contribution in [0.2, 0.25) is 0 Å². The highest BCUT2D eigenvalue weighted by atomic mass is 16.1. The van der Waals surface area contributed by atoms with E-state index in [2.05, 4.69) is 30.5 Å². The second kappa shape index (κ2) is 8.16. The van der Waals surface area contributed by atoms with Gasteiger partial charge < -0.3 is 20.1 Å². The van der Waals surface area contributed by atoms with Crippen molar-refractivity contribution in [3.05, 3.63) is 46.1 Å². The highest BCUT2D eigenvalue weighted by molar-refractivity contribution is 6.00. The predicted octanol–water partition coefficient (Wildman–Crippen LogP) is 3.11. The molecule has 3 aliphatic rings. The first kappa shape index (κ1) is 21.2. The van der Waals surface area contributed by atoms with Crippen LogP contribution >= 0.6 is 0 Å². The third-order valence-corrected chi connectivity index (χ3v) is 7.64. The summed E-state index contributed by atoms with van der Waals surface area (Å²) in [6, 6.07) is 3.05. The number of aromatic nitrogens is 4. The largest absolute Gasteiger partial charge is 0.349 e. The van der Waals surface area contributed by atoms with Crippen molar-refractivity contribution in [1.29, 1.82) is 0 Å². The average molecular weight is 460 g/mol. The molecule has 0 radical (unpaired) electrons. The number of nitrogens with one attached hydrogen (secondary N) is 2. The fourth-order valence-electron chi connectivity index (χ4n) is 5.97. The van der Waals surface area contributed by atoms with E-state index in [4.69, 9.17) is 0 Å². The Kier molecular flexibility index (Phi) is 5.09. The second-order valence-corrected chi connectivity index (χ2v) is 9.79. The monoisotopic (exact) mass is 459 g/mol. The number of hydrogen-bond acceptors (Lipinski definition) is 8. The fourth-order valence-corrected chi connectivity index (χ4v) is 5.97. The van der Waals surface area contributed by atoms with Crippen molar-refractivity contribution >= 4 is 34.1 Å². The van der Waals surface area contributed by atoms with E-state index in [0.29, 0.717) is 29.3 Å². The van der Waals surface area contributed by atoms with Gasteiger partial charge in [-0.1, -0.05) is 12.8 Å². The van der Waals surface area contributed by atoms with Crippen LogP contribution in [0.25, 0.3) is 10.9 Å². The van der Waals surface area contributed by atoms with Crippen LogP contribution in [0.5, 0.6) is 0 Å². The lowest BCUT2D eigenvalue weighted by Gasteiger charge is -2.28. The molecule has 6 rings (SSSR count). The van der Waals surface area contributed by atoms with Crippen LogP contribution in [0.1, 0.15) is 61.0 Å². The number of rotatable bonds is 5. The summed E-state index contributed by atoms with van der Waals surface area (Å²) in [6.45, 7) is 5.27. The van der Waals surface area contributed by atoms with E-state index in [1.165, 1.54) is 6.92 Å². The molecular formula is C25H29N7O2. The van der Waals surface area contributed by atoms with E-state index in [1.54, 1.807) is 12.4 Å². The summed E-state index contributed by atoms with van der Waals surface area (Å²) in [5, 5.41) is 7.58. The summed E-state index contributed by atoms with van der Waals surface area (Å²) in [5.41, 5.74) is 1.58. The Labute approximate surface area is 197 Å². The molecule has 2 atom stereocenters. The van der Waals surface area contributed by atoms with Gasteiger partial charge in [0.2, 0.25) is 0 Å². The van der Waals surface area contributed by atoms with Crippen LogP contribution in [0.15, 0.2) is 29.5 Å². The lowest BCUT2D eigenvalue weighted by atomic mass is 10.0. The number of aryl methyl sites for hydroxylation is 1. The Hall–Kier alpha value is -3.33. The van der Waals surface area contributed by atoms with Crippen molar-refractivity contribution in [2.45, 2.75) is 64.1 Å². The number of piperazine rings is 1. The molecule has 1 aliphatic carbocycles. The number of carbonyl (C=O) groups is 1. The molecule has 0 aromatic carbocycles. The Morgan fingerprint density at radius 1 is 1.09 bits per heavy atom. The number of pyridine rings is 2. The first-order valence-electron chi connectivity index (χ1n) is 12.1. The molecule has 3 aromatic rings. The van der Waals surface area contributed by atoms with Crippen molar-refractivity contribution in [2.24, 2.45) is 0 Å². The van der Waals surface area contributed by atoms with E-state index >= 15 is 0 Å². The van der Waals surface area contributed by atoms with Crippen LogP contribution in [0.4, 0.5) is 17.5 Å². The minimum Gasteiger partial charge on any atom is -0.349 e. The molecule has 5 heterocycles. The molecule has 2 unspecified atom stereocenters. The molecule has 1 saturated carbocycles. The summed E-state index contributed by atoms with van der Waals surface area (Å²) in [7, 11) is 0. The van der Waals surface area contributed by atoms with Gasteiger partial charge >= 0.3 is 0 Å². The number of carbonyl (C=O) groups excluding carboxylic acids is 1. The van der Waals surface area contributed by atoms with Gasteiger partial charge in [0, 0.05) is 48.9 Å². The van der Waals surface area contributed by atoms with Crippen molar-refractivity contribution < 1.29 is 4.79 Å². The third kappa shape index (κ3) is 3.46. The number of anilines is 3. The quantitative estimate of drug-likeness (QED) is 0.561. The van der Waals surface area contributed by atoms with Crippen molar-refractivity contribution in [2.75, 3.05) is 23.3 Å². The zero-order valence-corrected chi connectivity index (χ0v) is 19.5. The standard InChI is InChI=1S/C25H29N7O2/c1-14-19-10-27-21(8-20(19)32(17-5-3-4-6-17)25(34)24(14)15(2)33)30-22-11-29-23(12-28-22)31-13-16-7-18(31)9-26-16/h8,10-12,16-18,26H,3-7,9,13H2,1-2H3,(H,27,28,30). The molecule has 2 saturated heterocycles. The van der Waals surface area contributed by atoms with Gasteiger partial charge in [0.1, 0.15) is 17.5 Å². The third-order valence-electron chi connectivity index (χ3n) is 7.64. The van der Waals surface area contributed by atoms with E-state index in [0.717, 1.165) is 61.9 Å². The molecule has 2 bridgehead atoms. The van der Waals surface area contributed by atoms with Gasteiger partial charge in [0.05, 0.1) is 23.5 Å². The maximum Gasteiger partial charge on any atom is 0.262 e. The minimum atomic E-state index is -0.198. The van der Waals surface area contributed by atoms with Crippen LogP contribution in [-0.2, 0) is 0 Å². The number of fused-ring (bicyclic) bond motifs is 3. The number of hydrogen-bond donors (Lipinski definition) is 2. The fraction of sp³-hybridized carbons (Fsp3) is 0.480. The predicted molar refractivity (Wildman–Crippen MR) is 131 cm³/mol. The van der Waals surface area contributed by atoms with Crippen molar-refractivity contribution in [3.63, 3.8) is 0 Å². The Morgan fingerprint density at radius 3 is 2.53 bits per heavy atom. The summed E-state index contributed by atoms with van der Waals surface area (Å²) >= 11 is 0. The minimum absolute atomic E-state index is 0.105. The summed E-state index contributed by atoms with van der Waals surface area (Å²) in [4.78, 5) is 41.8. The first-order chi connectivity index (χ1) is 16.5. The molecule has 0 amide bonds. The number of ketones is 1. The summed E-state index contributed by atoms with van der Waals surface area (Å²) in [5.74, 6) is 1.90. The maximum atomic E-state index is 13.4. The van der Waals surface area contributed by atoms with E-state index in [1.807, 2.05) is 23.8 Å². The molecule has 2 aliphatic heterocycles. The highest BCUT2D eigenvalue weighted by Crippen LogP contribution is 2.33. The van der Waals surface area contributed by atoms with Gasteiger partial charge in [-0.25, -0.2) is 15.0 Å². The molecule has 9 nitrogen and oxygen atoms in total. The summed E-state index contributed by atoms with van der Waals surface area (Å²) in [6.07, 6.45) is 10.5. The van der Waals surface area contributed by atoms with E-state index in [-0.39, 0.29) is 22.9 Å². The van der Waals surface area contributed by atoms with Gasteiger partial charge in [-0.05, 0) is 38.7 Å². The average Bonchev–Trinajstić information content (AvgIpc) is 3.59. The van der Waals surface area contributed by atoms with Gasteiger partial charge in [-0.3, -0.25) is 9.59 Å². The molecule has 176 valence electrons. The molecule has 34 heavy (non-hydrogen) atoms. The van der Waals surface area contributed by atoms with E-state index < -0.39 is 0 Å². The van der Waals surface area contributed by atoms with Crippen LogP contribution < -0.4 is 21.1 Å². The van der Waals surface area contributed by atoms with Gasteiger partial charge in [0.25, 0.3) is 5.56 Å². The smallest absolute Gasteiger partial charge is 0.262 e. The Morgan fingerprint density at radius 2 is 1.88 bits per heavy atom. The number of Topliss-reactive ketones (excluding diaryl/α,β-unsaturated/α-hetero) is 1. The van der Waals surface area contributed by atoms with Gasteiger partial charge in [0.15, 0.2) is 5.78 Å². The van der Waals surface area contributed by atoms with E-state index in [9.17, 15) is 9.59 Å². The lowest BCUT2D eigenvalue weighted by Crippen LogP contribution is -2.44. The SMILES string of the molecule is CC(=O)c1c(C)c2cnc(Nc3cnc(N4CC5CC4CN5)cn3)cc2n(C2CCCC2)c1=O. The van der Waals surface area contributed by atoms with Crippen LogP contribution in [-0.4, -0.2) is 50.5 Å². The van der Waals surface area contributed by atoms with Crippen molar-refractivity contribution in [3.8, 4) is 0 Å². The zero-order valence-electron chi connectivity index (χ0n) is 19.5. The van der Waals surface area contributed by atoms with Gasteiger partial charge in [-0.15, -0.1) is 0 Å². The molecule has 3 fully saturated rings. The van der Waals surface area contributed by atoms with Crippen LogP contribution in [0.3, 0.4) is 0 Å².